The molecule has 0 aliphatic carbocycles. The molecule has 114 valence electrons. The molecule has 0 aliphatic rings. The number of anilines is 1. The summed E-state index contributed by atoms with van der Waals surface area (Å²) in [5, 5.41) is 3.51. The zero-order valence-electron chi connectivity index (χ0n) is 13.1. The molecule has 4 heteroatoms. The normalized spacial score (nSPS) is 12.4. The van der Waals surface area contributed by atoms with Gasteiger partial charge in [0.2, 0.25) is 0 Å². The van der Waals surface area contributed by atoms with Crippen molar-refractivity contribution in [2.45, 2.75) is 39.3 Å². The molecule has 1 aromatic rings. The van der Waals surface area contributed by atoms with Crippen molar-refractivity contribution in [3.05, 3.63) is 28.2 Å². The van der Waals surface area contributed by atoms with Crippen LogP contribution in [0, 0.1) is 0 Å². The first-order valence-corrected chi connectivity index (χ1v) is 9.53. The molecule has 0 saturated carbocycles. The number of hydrogen-bond donors (Lipinski definition) is 1. The molecule has 0 fully saturated rings. The number of hydrogen-bond acceptors (Lipinski definition) is 3. The van der Waals surface area contributed by atoms with Crippen LogP contribution in [-0.4, -0.2) is 31.6 Å². The summed E-state index contributed by atoms with van der Waals surface area (Å²) >= 11 is 5.52. The van der Waals surface area contributed by atoms with Gasteiger partial charge in [-0.2, -0.15) is 11.8 Å². The van der Waals surface area contributed by atoms with Gasteiger partial charge in [0.25, 0.3) is 0 Å². The Morgan fingerprint density at radius 3 is 2.70 bits per heavy atom. The van der Waals surface area contributed by atoms with Gasteiger partial charge in [0.15, 0.2) is 0 Å². The molecule has 0 aliphatic heterocycles. The molecule has 0 aromatic heterocycles. The van der Waals surface area contributed by atoms with Crippen LogP contribution in [0.3, 0.4) is 0 Å². The molecular formula is C16H27BrN2S. The van der Waals surface area contributed by atoms with Crippen LogP contribution in [0.2, 0.25) is 0 Å². The molecule has 1 unspecified atom stereocenters. The van der Waals surface area contributed by atoms with Crippen LogP contribution in [-0.2, 0) is 6.54 Å². The van der Waals surface area contributed by atoms with E-state index in [1.807, 2.05) is 11.8 Å². The van der Waals surface area contributed by atoms with E-state index < -0.39 is 0 Å². The average Bonchev–Trinajstić information content (AvgIpc) is 2.45. The predicted octanol–water partition coefficient (Wildman–Crippen LogP) is 4.53. The highest BCUT2D eigenvalue weighted by molar-refractivity contribution is 9.10. The zero-order chi connectivity index (χ0) is 15.0. The van der Waals surface area contributed by atoms with Crippen molar-refractivity contribution >= 4 is 33.4 Å². The van der Waals surface area contributed by atoms with E-state index in [1.165, 1.54) is 29.8 Å². The highest BCUT2D eigenvalue weighted by Crippen LogP contribution is 2.27. The maximum atomic E-state index is 3.60. The Hall–Kier alpha value is -0.190. The fraction of sp³-hybridized carbons (Fsp3) is 0.625. The van der Waals surface area contributed by atoms with Gasteiger partial charge in [-0.3, -0.25) is 0 Å². The van der Waals surface area contributed by atoms with Crippen molar-refractivity contribution in [2.24, 2.45) is 0 Å². The van der Waals surface area contributed by atoms with Gasteiger partial charge in [-0.25, -0.2) is 0 Å². The van der Waals surface area contributed by atoms with Gasteiger partial charge in [0.1, 0.15) is 0 Å². The SMILES string of the molecule is CCCNCc1ccc(Br)cc1N(C)C(CC)CSC. The summed E-state index contributed by atoms with van der Waals surface area (Å²) in [7, 11) is 2.22. The second kappa shape index (κ2) is 9.69. The molecule has 1 atom stereocenters. The number of benzene rings is 1. The molecule has 20 heavy (non-hydrogen) atoms. The second-order valence-corrected chi connectivity index (χ2v) is 6.90. The van der Waals surface area contributed by atoms with Crippen molar-refractivity contribution < 1.29 is 0 Å². The third kappa shape index (κ3) is 5.30. The lowest BCUT2D eigenvalue weighted by molar-refractivity contribution is 0.652. The van der Waals surface area contributed by atoms with Gasteiger partial charge in [-0.1, -0.05) is 35.8 Å². The molecule has 0 radical (unpaired) electrons. The summed E-state index contributed by atoms with van der Waals surface area (Å²) in [6.45, 7) is 6.48. The van der Waals surface area contributed by atoms with Gasteiger partial charge in [-0.05, 0) is 43.3 Å². The Kier molecular flexibility index (Phi) is 8.66. The van der Waals surface area contributed by atoms with Crippen LogP contribution >= 0.6 is 27.7 Å². The molecule has 1 aromatic carbocycles. The first-order valence-electron chi connectivity index (χ1n) is 7.34. The van der Waals surface area contributed by atoms with Crippen LogP contribution in [0.1, 0.15) is 32.3 Å². The molecule has 0 spiro atoms. The van der Waals surface area contributed by atoms with E-state index in [4.69, 9.17) is 0 Å². The summed E-state index contributed by atoms with van der Waals surface area (Å²) in [5.41, 5.74) is 2.72. The fourth-order valence-corrected chi connectivity index (χ4v) is 3.50. The lowest BCUT2D eigenvalue weighted by atomic mass is 10.1. The Balaban J connectivity index is 2.91. The van der Waals surface area contributed by atoms with E-state index in [-0.39, 0.29) is 0 Å². The number of halogens is 1. The van der Waals surface area contributed by atoms with Gasteiger partial charge in [-0.15, -0.1) is 0 Å². The van der Waals surface area contributed by atoms with Crippen molar-refractivity contribution in [2.75, 3.05) is 30.5 Å². The van der Waals surface area contributed by atoms with E-state index in [0.717, 1.165) is 17.6 Å². The summed E-state index contributed by atoms with van der Waals surface area (Å²) in [6.07, 6.45) is 4.53. The van der Waals surface area contributed by atoms with E-state index in [0.29, 0.717) is 6.04 Å². The second-order valence-electron chi connectivity index (χ2n) is 5.08. The van der Waals surface area contributed by atoms with E-state index in [9.17, 15) is 0 Å². The largest absolute Gasteiger partial charge is 0.370 e. The van der Waals surface area contributed by atoms with Crippen molar-refractivity contribution in [3.63, 3.8) is 0 Å². The summed E-state index contributed by atoms with van der Waals surface area (Å²) in [6, 6.07) is 7.19. The lowest BCUT2D eigenvalue weighted by Gasteiger charge is -2.31. The third-order valence-electron chi connectivity index (χ3n) is 3.55. The number of thioether (sulfide) groups is 1. The van der Waals surface area contributed by atoms with Crippen LogP contribution < -0.4 is 10.2 Å². The molecule has 1 rings (SSSR count). The predicted molar refractivity (Wildman–Crippen MR) is 97.0 cm³/mol. The Morgan fingerprint density at radius 1 is 1.35 bits per heavy atom. The molecule has 0 heterocycles. The highest BCUT2D eigenvalue weighted by Gasteiger charge is 2.16. The van der Waals surface area contributed by atoms with E-state index in [1.54, 1.807) is 0 Å². The quantitative estimate of drug-likeness (QED) is 0.653. The molecule has 0 amide bonds. The van der Waals surface area contributed by atoms with Gasteiger partial charge >= 0.3 is 0 Å². The third-order valence-corrected chi connectivity index (χ3v) is 4.76. The first-order chi connectivity index (χ1) is 9.63. The smallest absolute Gasteiger partial charge is 0.0423 e. The molecule has 2 nitrogen and oxygen atoms in total. The monoisotopic (exact) mass is 358 g/mol. The minimum atomic E-state index is 0.587. The zero-order valence-corrected chi connectivity index (χ0v) is 15.5. The molecule has 1 N–H and O–H groups in total. The van der Waals surface area contributed by atoms with Crippen molar-refractivity contribution in [1.82, 2.24) is 5.32 Å². The summed E-state index contributed by atoms with van der Waals surface area (Å²) in [4.78, 5) is 2.43. The number of nitrogens with one attached hydrogen (secondary N) is 1. The van der Waals surface area contributed by atoms with Gasteiger partial charge in [0.05, 0.1) is 0 Å². The van der Waals surface area contributed by atoms with E-state index >= 15 is 0 Å². The Bertz CT molecular complexity index is 398. The van der Waals surface area contributed by atoms with Gasteiger partial charge in [0, 0.05) is 35.5 Å². The molecule has 0 saturated heterocycles. The van der Waals surface area contributed by atoms with Crippen LogP contribution in [0.25, 0.3) is 0 Å². The minimum absolute atomic E-state index is 0.587. The fourth-order valence-electron chi connectivity index (χ4n) is 2.31. The minimum Gasteiger partial charge on any atom is -0.370 e. The number of nitrogens with zero attached hydrogens (tertiary/aromatic N) is 1. The highest BCUT2D eigenvalue weighted by atomic mass is 79.9. The van der Waals surface area contributed by atoms with Crippen LogP contribution in [0.5, 0.6) is 0 Å². The standard InChI is InChI=1S/C16H27BrN2S/c1-5-9-18-11-13-7-8-14(17)10-16(13)19(3)15(6-2)12-20-4/h7-8,10,15,18H,5-6,9,11-12H2,1-4H3. The Labute approximate surface area is 136 Å². The van der Waals surface area contributed by atoms with Crippen molar-refractivity contribution in [3.8, 4) is 0 Å². The van der Waals surface area contributed by atoms with Crippen molar-refractivity contribution in [1.29, 1.82) is 0 Å². The lowest BCUT2D eigenvalue weighted by Crippen LogP contribution is -2.34. The maximum absolute atomic E-state index is 3.60. The van der Waals surface area contributed by atoms with Gasteiger partial charge < -0.3 is 10.2 Å². The summed E-state index contributed by atoms with van der Waals surface area (Å²) < 4.78 is 1.15. The molecule has 0 bridgehead atoms. The average molecular weight is 359 g/mol. The molecular weight excluding hydrogens is 332 g/mol. The number of rotatable bonds is 9. The maximum Gasteiger partial charge on any atom is 0.0423 e. The first kappa shape index (κ1) is 17.9. The summed E-state index contributed by atoms with van der Waals surface area (Å²) in [5.74, 6) is 1.17. The van der Waals surface area contributed by atoms with Crippen LogP contribution in [0.4, 0.5) is 5.69 Å². The topological polar surface area (TPSA) is 15.3 Å². The van der Waals surface area contributed by atoms with E-state index in [2.05, 4.69) is 71.5 Å². The Morgan fingerprint density at radius 2 is 2.10 bits per heavy atom. The van der Waals surface area contributed by atoms with Crippen LogP contribution in [0.15, 0.2) is 22.7 Å².